The van der Waals surface area contributed by atoms with Crippen LogP contribution >= 0.6 is 0 Å². The van der Waals surface area contributed by atoms with Gasteiger partial charge in [0.25, 0.3) is 5.56 Å². The molecular formula is C14H9N3O3. The van der Waals surface area contributed by atoms with Crippen LogP contribution in [0.1, 0.15) is 6.92 Å². The largest absolute Gasteiger partial charge is 0.492 e. The van der Waals surface area contributed by atoms with Crippen LogP contribution in [0.25, 0.3) is 21.5 Å². The van der Waals surface area contributed by atoms with Crippen molar-refractivity contribution < 1.29 is 10.3 Å². The monoisotopic (exact) mass is 267 g/mol. The van der Waals surface area contributed by atoms with E-state index in [0.29, 0.717) is 33.0 Å². The Morgan fingerprint density at radius 3 is 2.70 bits per heavy atom. The summed E-state index contributed by atoms with van der Waals surface area (Å²) in [6.45, 7) is 1.78. The number of rotatable bonds is 0. The van der Waals surface area contributed by atoms with Crippen molar-refractivity contribution in [1.29, 1.82) is 0 Å². The van der Waals surface area contributed by atoms with Crippen LogP contribution in [0.5, 0.6) is 5.88 Å². The zero-order chi connectivity index (χ0) is 14.0. The summed E-state index contributed by atoms with van der Waals surface area (Å²) in [4.78, 5) is 20.7. The number of amidine groups is 1. The molecule has 3 aromatic rings. The summed E-state index contributed by atoms with van der Waals surface area (Å²) in [6, 6.07) is 6.79. The van der Waals surface area contributed by atoms with Crippen LogP contribution in [0.2, 0.25) is 0 Å². The van der Waals surface area contributed by atoms with Gasteiger partial charge in [0.1, 0.15) is 5.84 Å². The predicted molar refractivity (Wildman–Crippen MR) is 74.1 cm³/mol. The van der Waals surface area contributed by atoms with Gasteiger partial charge < -0.3 is 10.3 Å². The normalized spacial score (nSPS) is 13.6. The van der Waals surface area contributed by atoms with E-state index in [1.165, 1.54) is 0 Å². The molecule has 4 rings (SSSR count). The molecule has 0 aliphatic carbocycles. The molecule has 6 nitrogen and oxygen atoms in total. The van der Waals surface area contributed by atoms with Gasteiger partial charge in [0.05, 0.1) is 16.4 Å². The second-order valence-electron chi connectivity index (χ2n) is 4.73. The third kappa shape index (κ3) is 1.15. The molecule has 6 heteroatoms. The summed E-state index contributed by atoms with van der Waals surface area (Å²) in [5, 5.41) is 22.4. The molecule has 0 saturated heterocycles. The van der Waals surface area contributed by atoms with Crippen molar-refractivity contribution in [2.75, 3.05) is 0 Å². The first-order valence-electron chi connectivity index (χ1n) is 6.04. The van der Waals surface area contributed by atoms with Gasteiger partial charge in [-0.3, -0.25) is 4.79 Å². The van der Waals surface area contributed by atoms with E-state index in [1.807, 2.05) is 6.07 Å². The van der Waals surface area contributed by atoms with E-state index in [0.717, 1.165) is 5.39 Å². The van der Waals surface area contributed by atoms with Crippen molar-refractivity contribution in [2.24, 2.45) is 9.98 Å². The standard InChI is InChI=1S/C14H9N3O3/c1-6-15-10-5-9-11-7(12(10)16-6)3-2-4-8(11)13(18)17(20)14(9)19/h2-5,19-20H,1H3. The minimum Gasteiger partial charge on any atom is -0.492 e. The highest BCUT2D eigenvalue weighted by Gasteiger charge is 2.19. The number of aliphatic imine (C=N–C) groups is 1. The minimum atomic E-state index is -0.656. The molecule has 1 aliphatic rings. The third-order valence-electron chi connectivity index (χ3n) is 3.53. The Hall–Kier alpha value is -2.89. The fraction of sp³-hybridized carbons (Fsp3) is 0.0714. The Kier molecular flexibility index (Phi) is 1.84. The van der Waals surface area contributed by atoms with Gasteiger partial charge in [-0.05, 0) is 19.1 Å². The smallest absolute Gasteiger partial charge is 0.294 e. The summed E-state index contributed by atoms with van der Waals surface area (Å²) in [5.41, 5.74) is -0.0346. The van der Waals surface area contributed by atoms with E-state index >= 15 is 0 Å². The molecule has 0 spiro atoms. The lowest BCUT2D eigenvalue weighted by Crippen LogP contribution is -2.19. The molecule has 1 aromatic heterocycles. The summed E-state index contributed by atoms with van der Waals surface area (Å²) in [6.07, 6.45) is 0. The van der Waals surface area contributed by atoms with E-state index in [2.05, 4.69) is 9.98 Å². The van der Waals surface area contributed by atoms with Gasteiger partial charge in [-0.2, -0.15) is 0 Å². The first-order valence-corrected chi connectivity index (χ1v) is 6.04. The van der Waals surface area contributed by atoms with Crippen molar-refractivity contribution in [3.8, 4) is 5.88 Å². The van der Waals surface area contributed by atoms with E-state index in [9.17, 15) is 15.1 Å². The summed E-state index contributed by atoms with van der Waals surface area (Å²) >= 11 is 0. The molecule has 0 fully saturated rings. The molecule has 0 saturated carbocycles. The highest BCUT2D eigenvalue weighted by Crippen LogP contribution is 2.32. The number of fused-ring (bicyclic) bond motifs is 2. The molecule has 0 radical (unpaired) electrons. The lowest BCUT2D eigenvalue weighted by Gasteiger charge is -2.09. The lowest BCUT2D eigenvalue weighted by atomic mass is 10.0. The molecule has 0 unspecified atom stereocenters. The summed E-state index contributed by atoms with van der Waals surface area (Å²) in [5.74, 6) is 0.135. The Balaban J connectivity index is 2.43. The first-order chi connectivity index (χ1) is 9.58. The second-order valence-corrected chi connectivity index (χ2v) is 4.73. The van der Waals surface area contributed by atoms with Crippen molar-refractivity contribution in [2.45, 2.75) is 6.92 Å². The van der Waals surface area contributed by atoms with Crippen molar-refractivity contribution in [3.05, 3.63) is 40.0 Å². The molecule has 2 aromatic carbocycles. The zero-order valence-corrected chi connectivity index (χ0v) is 10.5. The van der Waals surface area contributed by atoms with Crippen LogP contribution in [-0.4, -0.2) is 20.9 Å². The Morgan fingerprint density at radius 2 is 1.90 bits per heavy atom. The van der Waals surface area contributed by atoms with Gasteiger partial charge in [-0.25, -0.2) is 9.98 Å². The molecule has 2 heterocycles. The van der Waals surface area contributed by atoms with Crippen molar-refractivity contribution in [3.63, 3.8) is 0 Å². The van der Waals surface area contributed by atoms with Crippen LogP contribution in [0.3, 0.4) is 0 Å². The molecule has 0 amide bonds. The van der Waals surface area contributed by atoms with Crippen molar-refractivity contribution >= 4 is 33.1 Å². The van der Waals surface area contributed by atoms with Crippen LogP contribution in [0.4, 0.5) is 5.69 Å². The molecule has 1 aliphatic heterocycles. The van der Waals surface area contributed by atoms with Gasteiger partial charge in [0.15, 0.2) is 0 Å². The van der Waals surface area contributed by atoms with Crippen molar-refractivity contribution in [1.82, 2.24) is 4.73 Å². The Labute approximate surface area is 111 Å². The fourth-order valence-electron chi connectivity index (χ4n) is 2.70. The fourth-order valence-corrected chi connectivity index (χ4v) is 2.70. The molecular weight excluding hydrogens is 258 g/mol. The number of benzene rings is 2. The Morgan fingerprint density at radius 1 is 1.15 bits per heavy atom. The quantitative estimate of drug-likeness (QED) is 0.605. The third-order valence-corrected chi connectivity index (χ3v) is 3.53. The number of hydrogen-bond acceptors (Lipinski definition) is 5. The zero-order valence-electron chi connectivity index (χ0n) is 10.5. The lowest BCUT2D eigenvalue weighted by molar-refractivity contribution is 0.147. The van der Waals surface area contributed by atoms with E-state index in [1.54, 1.807) is 25.1 Å². The maximum atomic E-state index is 12.0. The molecule has 20 heavy (non-hydrogen) atoms. The number of aromatic hydroxyl groups is 1. The van der Waals surface area contributed by atoms with Crippen LogP contribution in [0.15, 0.2) is 39.0 Å². The SMILES string of the molecule is CC1=Nc2cc3c(O)n(O)c(=O)c4cccc(c2=N1)c34. The average molecular weight is 267 g/mol. The number of nitrogens with zero attached hydrogens (tertiary/aromatic N) is 3. The number of pyridine rings is 1. The van der Waals surface area contributed by atoms with Gasteiger partial charge in [0, 0.05) is 16.2 Å². The maximum absolute atomic E-state index is 12.0. The number of aromatic nitrogens is 1. The first kappa shape index (κ1) is 11.0. The highest BCUT2D eigenvalue weighted by atomic mass is 16.5. The predicted octanol–water partition coefficient (Wildman–Crippen LogP) is 1.50. The van der Waals surface area contributed by atoms with Gasteiger partial charge in [0.2, 0.25) is 5.88 Å². The van der Waals surface area contributed by atoms with E-state index in [4.69, 9.17) is 0 Å². The van der Waals surface area contributed by atoms with Crippen LogP contribution in [-0.2, 0) is 0 Å². The average Bonchev–Trinajstić information content (AvgIpc) is 2.82. The topological polar surface area (TPSA) is 87.2 Å². The van der Waals surface area contributed by atoms with Crippen LogP contribution < -0.4 is 10.9 Å². The number of hydrogen-bond donors (Lipinski definition) is 2. The molecule has 0 atom stereocenters. The van der Waals surface area contributed by atoms with Crippen LogP contribution in [0, 0.1) is 0 Å². The molecule has 98 valence electrons. The molecule has 2 N–H and O–H groups in total. The van der Waals surface area contributed by atoms with E-state index in [-0.39, 0.29) is 4.73 Å². The second kappa shape index (κ2) is 3.36. The molecule has 0 bridgehead atoms. The Bertz CT molecular complexity index is 1050. The maximum Gasteiger partial charge on any atom is 0.294 e. The summed E-state index contributed by atoms with van der Waals surface area (Å²) < 4.78 is 0.256. The highest BCUT2D eigenvalue weighted by molar-refractivity contribution is 6.13. The summed E-state index contributed by atoms with van der Waals surface area (Å²) in [7, 11) is 0. The van der Waals surface area contributed by atoms with Gasteiger partial charge in [-0.1, -0.05) is 12.1 Å². The minimum absolute atomic E-state index is 0.256. The van der Waals surface area contributed by atoms with E-state index < -0.39 is 11.4 Å². The van der Waals surface area contributed by atoms with Gasteiger partial charge in [-0.15, -0.1) is 4.73 Å². The van der Waals surface area contributed by atoms with Gasteiger partial charge >= 0.3 is 0 Å².